The number of aryl methyl sites for hydroxylation is 1. The number of H-pyrrole nitrogens is 1. The number of carbonyl (C=O) groups is 1. The maximum atomic E-state index is 13.2. The van der Waals surface area contributed by atoms with Gasteiger partial charge in [-0.3, -0.25) is 9.59 Å². The van der Waals surface area contributed by atoms with Gasteiger partial charge in [-0.1, -0.05) is 55.2 Å². The van der Waals surface area contributed by atoms with Crippen LogP contribution in [0.5, 0.6) is 5.75 Å². The van der Waals surface area contributed by atoms with E-state index in [4.69, 9.17) is 0 Å². The van der Waals surface area contributed by atoms with Crippen molar-refractivity contribution in [3.05, 3.63) is 63.0 Å². The van der Waals surface area contributed by atoms with Crippen LogP contribution in [0.3, 0.4) is 0 Å². The van der Waals surface area contributed by atoms with Gasteiger partial charge in [-0.15, -0.1) is 0 Å². The number of unbranched alkanes of at least 4 members (excludes halogenated alkanes) is 2. The maximum Gasteiger partial charge on any atom is 0.305 e. The molecule has 37 heavy (non-hydrogen) atoms. The van der Waals surface area contributed by atoms with Crippen LogP contribution in [0.25, 0.3) is 10.2 Å². The molecule has 1 aliphatic carbocycles. The highest BCUT2D eigenvalue weighted by Gasteiger charge is 2.24. The second-order valence-electron chi connectivity index (χ2n) is 10.0. The number of hydrogen-bond acceptors (Lipinski definition) is 5. The number of nitrogens with zero attached hydrogens (tertiary/aromatic N) is 1. The Labute approximate surface area is 221 Å². The molecule has 0 saturated heterocycles. The van der Waals surface area contributed by atoms with Gasteiger partial charge >= 0.3 is 4.87 Å². The lowest BCUT2D eigenvalue weighted by atomic mass is 9.93. The van der Waals surface area contributed by atoms with Crippen molar-refractivity contribution < 1.29 is 14.3 Å². The van der Waals surface area contributed by atoms with Crippen molar-refractivity contribution in [2.45, 2.75) is 76.7 Å². The second-order valence-corrected chi connectivity index (χ2v) is 11.0. The van der Waals surface area contributed by atoms with Crippen LogP contribution in [0, 0.1) is 5.82 Å². The first-order valence-electron chi connectivity index (χ1n) is 13.6. The van der Waals surface area contributed by atoms with E-state index in [2.05, 4.69) is 15.2 Å². The van der Waals surface area contributed by atoms with E-state index in [-0.39, 0.29) is 22.3 Å². The number of hydrogen-bond donors (Lipinski definition) is 3. The molecule has 0 unspecified atom stereocenters. The highest BCUT2D eigenvalue weighted by Crippen LogP contribution is 2.29. The number of aromatic hydroxyl groups is 1. The third-order valence-electron chi connectivity index (χ3n) is 7.34. The van der Waals surface area contributed by atoms with Crippen molar-refractivity contribution >= 4 is 27.5 Å². The number of phenolic OH excluding ortho intramolecular Hbond substituents is 1. The summed E-state index contributed by atoms with van der Waals surface area (Å²) in [6, 6.07) is 10.5. The number of fused-ring (bicyclic) bond motifs is 1. The number of benzene rings is 2. The summed E-state index contributed by atoms with van der Waals surface area (Å²) in [4.78, 5) is 29.6. The Bertz CT molecular complexity index is 1200. The van der Waals surface area contributed by atoms with Crippen LogP contribution >= 0.6 is 11.3 Å². The quantitative estimate of drug-likeness (QED) is 0.255. The lowest BCUT2D eigenvalue weighted by Gasteiger charge is -2.34. The van der Waals surface area contributed by atoms with Gasteiger partial charge in [0.2, 0.25) is 5.91 Å². The number of carbonyl (C=O) groups excluding carboxylic acids is 1. The molecule has 1 amide bonds. The number of aromatic amines is 1. The Morgan fingerprint density at radius 2 is 1.81 bits per heavy atom. The molecule has 1 heterocycles. The Hall–Kier alpha value is -2.71. The highest BCUT2D eigenvalue weighted by molar-refractivity contribution is 7.16. The molecule has 0 bridgehead atoms. The van der Waals surface area contributed by atoms with Gasteiger partial charge in [-0.2, -0.15) is 0 Å². The molecule has 3 aromatic rings. The topological polar surface area (TPSA) is 85.4 Å². The predicted molar refractivity (Wildman–Crippen MR) is 148 cm³/mol. The fourth-order valence-corrected chi connectivity index (χ4v) is 6.19. The first kappa shape index (κ1) is 27.3. The van der Waals surface area contributed by atoms with Crippen molar-refractivity contribution in [3.63, 3.8) is 0 Å². The lowest BCUT2D eigenvalue weighted by molar-refractivity contribution is -0.134. The molecule has 4 rings (SSSR count). The number of thiazole rings is 1. The van der Waals surface area contributed by atoms with Crippen molar-refractivity contribution in [3.8, 4) is 5.75 Å². The van der Waals surface area contributed by atoms with Crippen LogP contribution in [0.2, 0.25) is 0 Å². The van der Waals surface area contributed by atoms with Gasteiger partial charge in [0.15, 0.2) is 0 Å². The molecule has 200 valence electrons. The molecule has 6 nitrogen and oxygen atoms in total. The number of aromatic nitrogens is 1. The Kier molecular flexibility index (Phi) is 10.1. The van der Waals surface area contributed by atoms with E-state index in [1.54, 1.807) is 18.2 Å². The molecule has 0 aliphatic heterocycles. The summed E-state index contributed by atoms with van der Waals surface area (Å²) >= 11 is 1.15. The van der Waals surface area contributed by atoms with Gasteiger partial charge in [0.1, 0.15) is 17.1 Å². The molecule has 1 aromatic heterocycles. The normalized spacial score (nSPS) is 14.3. The summed E-state index contributed by atoms with van der Waals surface area (Å²) < 4.78 is 13.9. The maximum absolute atomic E-state index is 13.2. The molecule has 8 heteroatoms. The zero-order valence-corrected chi connectivity index (χ0v) is 22.3. The largest absolute Gasteiger partial charge is 0.506 e. The number of nitrogens with one attached hydrogen (secondary N) is 2. The zero-order chi connectivity index (χ0) is 26.0. The second kappa shape index (κ2) is 13.7. The zero-order valence-electron chi connectivity index (χ0n) is 21.4. The number of halogens is 1. The van der Waals surface area contributed by atoms with E-state index in [0.717, 1.165) is 85.2 Å². The summed E-state index contributed by atoms with van der Waals surface area (Å²) in [6.45, 7) is 2.21. The molecule has 1 saturated carbocycles. The molecular weight excluding hydrogens is 489 g/mol. The van der Waals surface area contributed by atoms with E-state index in [1.165, 1.54) is 31.4 Å². The minimum Gasteiger partial charge on any atom is -0.506 e. The molecule has 2 aromatic carbocycles. The van der Waals surface area contributed by atoms with Crippen molar-refractivity contribution in [1.82, 2.24) is 15.2 Å². The smallest absolute Gasteiger partial charge is 0.305 e. The lowest BCUT2D eigenvalue weighted by Crippen LogP contribution is -2.43. The Balaban J connectivity index is 1.21. The van der Waals surface area contributed by atoms with Crippen molar-refractivity contribution in [1.29, 1.82) is 0 Å². The van der Waals surface area contributed by atoms with Crippen LogP contribution in [0.4, 0.5) is 4.39 Å². The van der Waals surface area contributed by atoms with Crippen molar-refractivity contribution in [2.24, 2.45) is 0 Å². The van der Waals surface area contributed by atoms with Gasteiger partial charge in [-0.25, -0.2) is 4.39 Å². The number of phenols is 1. The highest BCUT2D eigenvalue weighted by atomic mass is 32.1. The predicted octanol–water partition coefficient (Wildman–Crippen LogP) is 5.53. The molecule has 0 atom stereocenters. The van der Waals surface area contributed by atoms with Crippen LogP contribution in [-0.2, 0) is 17.6 Å². The van der Waals surface area contributed by atoms with Crippen molar-refractivity contribution in [2.75, 3.05) is 19.6 Å². The third kappa shape index (κ3) is 7.89. The SMILES string of the molecule is O=C(CCNCCc1ccc(F)cc1)N(CCCCCc1ccc(O)c2[nH]c(=O)sc12)C1CCCCC1. The van der Waals surface area contributed by atoms with Gasteiger partial charge in [0.05, 0.1) is 4.70 Å². The van der Waals surface area contributed by atoms with E-state index in [9.17, 15) is 19.1 Å². The molecule has 1 aliphatic rings. The molecule has 0 radical (unpaired) electrons. The number of amides is 1. The van der Waals surface area contributed by atoms with Crippen LogP contribution in [0.1, 0.15) is 68.9 Å². The van der Waals surface area contributed by atoms with Crippen LogP contribution in [0.15, 0.2) is 41.2 Å². The average molecular weight is 528 g/mol. The summed E-state index contributed by atoms with van der Waals surface area (Å²) in [5, 5.41) is 13.4. The van der Waals surface area contributed by atoms with E-state index < -0.39 is 0 Å². The first-order valence-corrected chi connectivity index (χ1v) is 14.4. The van der Waals surface area contributed by atoms with Crippen LogP contribution < -0.4 is 10.2 Å². The van der Waals surface area contributed by atoms with Gasteiger partial charge in [-0.05, 0) is 74.4 Å². The van der Waals surface area contributed by atoms with Gasteiger partial charge < -0.3 is 20.3 Å². The molecule has 3 N–H and O–H groups in total. The van der Waals surface area contributed by atoms with E-state index in [0.29, 0.717) is 24.5 Å². The fraction of sp³-hybridized carbons (Fsp3) is 0.517. The molecule has 0 spiro atoms. The van der Waals surface area contributed by atoms with Gasteiger partial charge in [0.25, 0.3) is 0 Å². The Morgan fingerprint density at radius 1 is 1.03 bits per heavy atom. The summed E-state index contributed by atoms with van der Waals surface area (Å²) in [6.07, 6.45) is 11.0. The minimum absolute atomic E-state index is 0.115. The average Bonchev–Trinajstić information content (AvgIpc) is 3.31. The standard InChI is InChI=1S/C29H38FN3O3S/c30-23-13-10-21(11-14-23)16-18-31-19-17-26(35)33(24-8-4-1-5-9-24)20-6-2-3-7-22-12-15-25(34)27-28(22)37-29(36)32-27/h10-15,24,31,34H,1-9,16-20H2,(H,32,36). The molecule has 1 fully saturated rings. The number of rotatable bonds is 13. The summed E-state index contributed by atoms with van der Waals surface area (Å²) in [5.74, 6) is 0.129. The first-order chi connectivity index (χ1) is 18.0. The van der Waals surface area contributed by atoms with E-state index in [1.807, 2.05) is 6.07 Å². The van der Waals surface area contributed by atoms with Gasteiger partial charge in [0, 0.05) is 25.6 Å². The molecular formula is C29H38FN3O3S. The van der Waals surface area contributed by atoms with Crippen LogP contribution in [-0.4, -0.2) is 46.6 Å². The third-order valence-corrected chi connectivity index (χ3v) is 8.30. The minimum atomic E-state index is -0.221. The monoisotopic (exact) mass is 527 g/mol. The fourth-order valence-electron chi connectivity index (χ4n) is 5.30. The Morgan fingerprint density at radius 3 is 2.59 bits per heavy atom. The summed E-state index contributed by atoms with van der Waals surface area (Å²) in [5.41, 5.74) is 2.71. The summed E-state index contributed by atoms with van der Waals surface area (Å²) in [7, 11) is 0. The van der Waals surface area contributed by atoms with E-state index >= 15 is 0 Å².